The largest absolute Gasteiger partial charge is 0.371 e. The van der Waals surface area contributed by atoms with Crippen LogP contribution in [-0.4, -0.2) is 24.9 Å². The van der Waals surface area contributed by atoms with E-state index in [1.807, 2.05) is 31.2 Å². The lowest BCUT2D eigenvalue weighted by Gasteiger charge is -2.21. The second kappa shape index (κ2) is 7.38. The van der Waals surface area contributed by atoms with Gasteiger partial charge in [-0.25, -0.2) is 0 Å². The summed E-state index contributed by atoms with van der Waals surface area (Å²) in [4.78, 5) is 26.3. The Morgan fingerprint density at radius 3 is 2.32 bits per heavy atom. The Balaban J connectivity index is 1.83. The van der Waals surface area contributed by atoms with Gasteiger partial charge in [-0.3, -0.25) is 9.59 Å². The predicted octanol–water partition coefficient (Wildman–Crippen LogP) is 3.81. The molecule has 2 N–H and O–H groups in total. The number of hydrogen-bond donors (Lipinski definition) is 2. The maximum absolute atomic E-state index is 12.9. The first-order valence-corrected chi connectivity index (χ1v) is 8.57. The van der Waals surface area contributed by atoms with Crippen LogP contribution in [0.2, 0.25) is 0 Å². The topological polar surface area (TPSA) is 61.4 Å². The van der Waals surface area contributed by atoms with Crippen molar-refractivity contribution in [2.24, 2.45) is 0 Å². The molecular formula is C20H23N3O2. The SMILES string of the molecule is CC(=O)Nc1cccc(NC(=O)c2cc(C)ccc2N2CCCC2)c1. The molecule has 25 heavy (non-hydrogen) atoms. The van der Waals surface area contributed by atoms with Crippen LogP contribution in [-0.2, 0) is 4.79 Å². The van der Waals surface area contributed by atoms with Gasteiger partial charge in [0.15, 0.2) is 0 Å². The van der Waals surface area contributed by atoms with Gasteiger partial charge in [0.2, 0.25) is 5.91 Å². The second-order valence-corrected chi connectivity index (χ2v) is 6.43. The van der Waals surface area contributed by atoms with E-state index >= 15 is 0 Å². The average Bonchev–Trinajstić information content (AvgIpc) is 3.08. The van der Waals surface area contributed by atoms with E-state index in [2.05, 4.69) is 15.5 Å². The normalized spacial score (nSPS) is 13.6. The smallest absolute Gasteiger partial charge is 0.257 e. The molecular weight excluding hydrogens is 314 g/mol. The fourth-order valence-corrected chi connectivity index (χ4v) is 3.14. The molecule has 1 saturated heterocycles. The van der Waals surface area contributed by atoms with Crippen LogP contribution in [0, 0.1) is 6.92 Å². The summed E-state index contributed by atoms with van der Waals surface area (Å²) >= 11 is 0. The van der Waals surface area contributed by atoms with Crippen molar-refractivity contribution in [1.29, 1.82) is 0 Å². The van der Waals surface area contributed by atoms with E-state index in [1.165, 1.54) is 6.92 Å². The highest BCUT2D eigenvalue weighted by Gasteiger charge is 2.19. The quantitative estimate of drug-likeness (QED) is 0.892. The van der Waals surface area contributed by atoms with Gasteiger partial charge in [-0.05, 0) is 50.1 Å². The van der Waals surface area contributed by atoms with Crippen LogP contribution < -0.4 is 15.5 Å². The number of aryl methyl sites for hydroxylation is 1. The van der Waals surface area contributed by atoms with Gasteiger partial charge in [-0.2, -0.15) is 0 Å². The Kier molecular flexibility index (Phi) is 5.03. The minimum Gasteiger partial charge on any atom is -0.371 e. The Bertz CT molecular complexity index is 795. The van der Waals surface area contributed by atoms with Gasteiger partial charge in [-0.15, -0.1) is 0 Å². The molecule has 0 aromatic heterocycles. The zero-order chi connectivity index (χ0) is 17.8. The number of anilines is 3. The summed E-state index contributed by atoms with van der Waals surface area (Å²) in [5, 5.41) is 5.67. The summed E-state index contributed by atoms with van der Waals surface area (Å²) in [6.45, 7) is 5.42. The van der Waals surface area contributed by atoms with Crippen LogP contribution in [0.15, 0.2) is 42.5 Å². The number of amides is 2. The number of rotatable bonds is 4. The fraction of sp³-hybridized carbons (Fsp3) is 0.300. The van der Waals surface area contributed by atoms with Crippen LogP contribution >= 0.6 is 0 Å². The summed E-state index contributed by atoms with van der Waals surface area (Å²) in [5.74, 6) is -0.274. The highest BCUT2D eigenvalue weighted by molar-refractivity contribution is 6.08. The molecule has 1 heterocycles. The van der Waals surface area contributed by atoms with Gasteiger partial charge in [0, 0.05) is 37.1 Å². The predicted molar refractivity (Wildman–Crippen MR) is 101 cm³/mol. The highest BCUT2D eigenvalue weighted by atomic mass is 16.2. The van der Waals surface area contributed by atoms with Crippen molar-refractivity contribution < 1.29 is 9.59 Å². The Hall–Kier alpha value is -2.82. The Morgan fingerprint density at radius 2 is 1.64 bits per heavy atom. The first kappa shape index (κ1) is 17.0. The van der Waals surface area contributed by atoms with Crippen molar-refractivity contribution in [3.8, 4) is 0 Å². The molecule has 1 aliphatic rings. The third-order valence-corrected chi connectivity index (χ3v) is 4.28. The van der Waals surface area contributed by atoms with E-state index in [9.17, 15) is 9.59 Å². The van der Waals surface area contributed by atoms with Crippen molar-refractivity contribution in [1.82, 2.24) is 0 Å². The lowest BCUT2D eigenvalue weighted by Crippen LogP contribution is -2.23. The number of benzene rings is 2. The van der Waals surface area contributed by atoms with Crippen molar-refractivity contribution in [2.45, 2.75) is 26.7 Å². The number of nitrogens with one attached hydrogen (secondary N) is 2. The van der Waals surface area contributed by atoms with Crippen molar-refractivity contribution in [2.75, 3.05) is 28.6 Å². The molecule has 130 valence electrons. The number of nitrogens with zero attached hydrogens (tertiary/aromatic N) is 1. The third kappa shape index (κ3) is 4.18. The fourth-order valence-electron chi connectivity index (χ4n) is 3.14. The van der Waals surface area contributed by atoms with Crippen LogP contribution in [0.4, 0.5) is 17.1 Å². The number of carbonyl (C=O) groups excluding carboxylic acids is 2. The first-order valence-electron chi connectivity index (χ1n) is 8.57. The molecule has 1 fully saturated rings. The van der Waals surface area contributed by atoms with Gasteiger partial charge in [0.05, 0.1) is 5.56 Å². The van der Waals surface area contributed by atoms with Crippen LogP contribution in [0.3, 0.4) is 0 Å². The summed E-state index contributed by atoms with van der Waals surface area (Å²) in [6.07, 6.45) is 2.32. The van der Waals surface area contributed by atoms with Crippen LogP contribution in [0.5, 0.6) is 0 Å². The molecule has 1 aliphatic heterocycles. The lowest BCUT2D eigenvalue weighted by atomic mass is 10.1. The van der Waals surface area contributed by atoms with Crippen LogP contribution in [0.25, 0.3) is 0 Å². The number of carbonyl (C=O) groups is 2. The summed E-state index contributed by atoms with van der Waals surface area (Å²) in [5.41, 5.74) is 4.05. The Labute approximate surface area is 148 Å². The van der Waals surface area contributed by atoms with Gasteiger partial charge in [-0.1, -0.05) is 17.7 Å². The minimum atomic E-state index is -0.140. The molecule has 2 amide bonds. The van der Waals surface area contributed by atoms with Gasteiger partial charge in [0.25, 0.3) is 5.91 Å². The summed E-state index contributed by atoms with van der Waals surface area (Å²) in [6, 6.07) is 13.2. The molecule has 2 aromatic carbocycles. The molecule has 2 aromatic rings. The van der Waals surface area contributed by atoms with E-state index in [4.69, 9.17) is 0 Å². The molecule has 0 unspecified atom stereocenters. The minimum absolute atomic E-state index is 0.134. The van der Waals surface area contributed by atoms with E-state index in [0.29, 0.717) is 16.9 Å². The van der Waals surface area contributed by atoms with E-state index in [0.717, 1.165) is 37.2 Å². The maximum atomic E-state index is 12.9. The van der Waals surface area contributed by atoms with E-state index in [-0.39, 0.29) is 11.8 Å². The second-order valence-electron chi connectivity index (χ2n) is 6.43. The molecule has 5 nitrogen and oxygen atoms in total. The zero-order valence-corrected chi connectivity index (χ0v) is 14.6. The Morgan fingerprint density at radius 1 is 0.960 bits per heavy atom. The van der Waals surface area contributed by atoms with E-state index < -0.39 is 0 Å². The highest BCUT2D eigenvalue weighted by Crippen LogP contribution is 2.27. The molecule has 5 heteroatoms. The zero-order valence-electron chi connectivity index (χ0n) is 14.6. The molecule has 3 rings (SSSR count). The maximum Gasteiger partial charge on any atom is 0.257 e. The molecule has 0 spiro atoms. The number of hydrogen-bond acceptors (Lipinski definition) is 3. The molecule has 0 aliphatic carbocycles. The summed E-state index contributed by atoms with van der Waals surface area (Å²) in [7, 11) is 0. The average molecular weight is 337 g/mol. The monoisotopic (exact) mass is 337 g/mol. The summed E-state index contributed by atoms with van der Waals surface area (Å²) < 4.78 is 0. The molecule has 0 radical (unpaired) electrons. The van der Waals surface area contributed by atoms with Gasteiger partial charge in [0.1, 0.15) is 0 Å². The molecule has 0 atom stereocenters. The standard InChI is InChI=1S/C20H23N3O2/c1-14-8-9-19(23-10-3-4-11-23)18(12-14)20(25)22-17-7-5-6-16(13-17)21-15(2)24/h5-9,12-13H,3-4,10-11H2,1-2H3,(H,21,24)(H,22,25). The van der Waals surface area contributed by atoms with Gasteiger partial charge >= 0.3 is 0 Å². The molecule has 0 bridgehead atoms. The van der Waals surface area contributed by atoms with Crippen molar-refractivity contribution >= 4 is 28.9 Å². The van der Waals surface area contributed by atoms with Crippen molar-refractivity contribution in [3.63, 3.8) is 0 Å². The van der Waals surface area contributed by atoms with E-state index in [1.54, 1.807) is 18.2 Å². The lowest BCUT2D eigenvalue weighted by molar-refractivity contribution is -0.114. The first-order chi connectivity index (χ1) is 12.0. The third-order valence-electron chi connectivity index (χ3n) is 4.28. The van der Waals surface area contributed by atoms with Crippen LogP contribution in [0.1, 0.15) is 35.7 Å². The van der Waals surface area contributed by atoms with Crippen molar-refractivity contribution in [3.05, 3.63) is 53.6 Å². The molecule has 0 saturated carbocycles. The van der Waals surface area contributed by atoms with Gasteiger partial charge < -0.3 is 15.5 Å².